The van der Waals surface area contributed by atoms with Crippen molar-refractivity contribution in [2.45, 2.75) is 289 Å². The van der Waals surface area contributed by atoms with Crippen LogP contribution in [0.2, 0.25) is 0 Å². The second kappa shape index (κ2) is 49.0. The van der Waals surface area contributed by atoms with Crippen molar-refractivity contribution in [3.05, 3.63) is 36.5 Å². The molecule has 0 saturated heterocycles. The SMILES string of the molecule is CCCCCCCC/C=C/CC/C=C/CC/C=C/C(O)C(CO)NC(=O)CCCCCCCCCCCCCCCCCCCCCCCCCCCCCCC. The molecule has 0 spiro atoms. The average molecular weight is 800 g/mol. The van der Waals surface area contributed by atoms with Gasteiger partial charge in [0.15, 0.2) is 0 Å². The van der Waals surface area contributed by atoms with Crippen LogP contribution in [0.5, 0.6) is 0 Å². The average Bonchev–Trinajstić information content (AvgIpc) is 3.22. The van der Waals surface area contributed by atoms with E-state index in [1.54, 1.807) is 6.08 Å². The van der Waals surface area contributed by atoms with Crippen molar-refractivity contribution in [3.8, 4) is 0 Å². The number of allylic oxidation sites excluding steroid dienone is 5. The molecule has 0 bridgehead atoms. The maximum Gasteiger partial charge on any atom is 0.220 e. The van der Waals surface area contributed by atoms with Crippen molar-refractivity contribution in [3.63, 3.8) is 0 Å². The van der Waals surface area contributed by atoms with E-state index in [0.29, 0.717) is 6.42 Å². The van der Waals surface area contributed by atoms with Crippen LogP contribution in [0.15, 0.2) is 36.5 Å². The van der Waals surface area contributed by atoms with Crippen LogP contribution in [0.1, 0.15) is 277 Å². The lowest BCUT2D eigenvalue weighted by Gasteiger charge is -2.19. The standard InChI is InChI=1S/C53H101NO3/c1-3-5-7-9-11-13-15-17-19-21-22-23-24-25-26-27-28-29-30-31-32-33-35-37-39-41-43-45-47-49-53(57)54-51(50-55)52(56)48-46-44-42-40-38-36-34-20-18-16-14-12-10-8-6-4-2/h18,20,38,40,46,48,51-52,55-56H,3-17,19,21-37,39,41-45,47,49-50H2,1-2H3,(H,54,57)/b20-18+,40-38+,48-46+. The first-order valence-electron chi connectivity index (χ1n) is 25.7. The van der Waals surface area contributed by atoms with Gasteiger partial charge in [-0.1, -0.05) is 262 Å². The summed E-state index contributed by atoms with van der Waals surface area (Å²) in [6.45, 7) is 4.30. The molecule has 0 saturated carbocycles. The number of carbonyl (C=O) groups is 1. The summed E-state index contributed by atoms with van der Waals surface area (Å²) in [4.78, 5) is 12.4. The molecule has 0 heterocycles. The monoisotopic (exact) mass is 800 g/mol. The molecular weight excluding hydrogens is 699 g/mol. The molecular formula is C53H101NO3. The van der Waals surface area contributed by atoms with Crippen molar-refractivity contribution < 1.29 is 15.0 Å². The van der Waals surface area contributed by atoms with Gasteiger partial charge in [0.1, 0.15) is 0 Å². The van der Waals surface area contributed by atoms with Crippen LogP contribution in [0.4, 0.5) is 0 Å². The first-order chi connectivity index (χ1) is 28.2. The molecule has 0 fully saturated rings. The van der Waals surface area contributed by atoms with E-state index in [0.717, 1.165) is 38.5 Å². The van der Waals surface area contributed by atoms with Crippen LogP contribution in [0.3, 0.4) is 0 Å². The number of unbranched alkanes of at least 4 members (excludes halogenated alkanes) is 36. The molecule has 336 valence electrons. The van der Waals surface area contributed by atoms with Crippen molar-refractivity contribution in [1.82, 2.24) is 5.32 Å². The second-order valence-electron chi connectivity index (χ2n) is 17.6. The highest BCUT2D eigenvalue weighted by atomic mass is 16.3. The Kier molecular flexibility index (Phi) is 47.8. The van der Waals surface area contributed by atoms with Gasteiger partial charge in [0, 0.05) is 6.42 Å². The van der Waals surface area contributed by atoms with Crippen LogP contribution in [-0.2, 0) is 4.79 Å². The molecule has 2 atom stereocenters. The molecule has 0 aliphatic rings. The zero-order chi connectivity index (χ0) is 41.4. The highest BCUT2D eigenvalue weighted by molar-refractivity contribution is 5.76. The van der Waals surface area contributed by atoms with Crippen LogP contribution >= 0.6 is 0 Å². The highest BCUT2D eigenvalue weighted by Gasteiger charge is 2.17. The van der Waals surface area contributed by atoms with Crippen LogP contribution in [-0.4, -0.2) is 34.9 Å². The van der Waals surface area contributed by atoms with Gasteiger partial charge in [0.2, 0.25) is 5.91 Å². The molecule has 4 nitrogen and oxygen atoms in total. The van der Waals surface area contributed by atoms with Gasteiger partial charge >= 0.3 is 0 Å². The number of nitrogens with one attached hydrogen (secondary N) is 1. The number of hydrogen-bond donors (Lipinski definition) is 3. The maximum absolute atomic E-state index is 12.4. The van der Waals surface area contributed by atoms with Gasteiger partial charge in [0.05, 0.1) is 18.8 Å². The summed E-state index contributed by atoms with van der Waals surface area (Å²) in [5.74, 6) is -0.0736. The van der Waals surface area contributed by atoms with Gasteiger partial charge in [-0.15, -0.1) is 0 Å². The highest BCUT2D eigenvalue weighted by Crippen LogP contribution is 2.17. The molecule has 0 radical (unpaired) electrons. The summed E-state index contributed by atoms with van der Waals surface area (Å²) in [5.41, 5.74) is 0. The molecule has 57 heavy (non-hydrogen) atoms. The maximum atomic E-state index is 12.4. The van der Waals surface area contributed by atoms with Gasteiger partial charge in [0.25, 0.3) is 0 Å². The molecule has 2 unspecified atom stereocenters. The first-order valence-corrected chi connectivity index (χ1v) is 25.7. The summed E-state index contributed by atoms with van der Waals surface area (Å²) in [5, 5.41) is 23.0. The largest absolute Gasteiger partial charge is 0.394 e. The minimum absolute atomic E-state index is 0.0736. The normalized spacial score (nSPS) is 13.1. The Morgan fingerprint density at radius 2 is 0.684 bits per heavy atom. The van der Waals surface area contributed by atoms with E-state index in [-0.39, 0.29) is 12.5 Å². The third-order valence-electron chi connectivity index (χ3n) is 11.9. The Balaban J connectivity index is 3.48. The van der Waals surface area contributed by atoms with Crippen LogP contribution in [0, 0.1) is 0 Å². The first kappa shape index (κ1) is 55.6. The topological polar surface area (TPSA) is 69.6 Å². The Labute approximate surface area is 357 Å². The Hall–Kier alpha value is -1.39. The van der Waals surface area contributed by atoms with E-state index < -0.39 is 12.1 Å². The quantitative estimate of drug-likeness (QED) is 0.0424. The predicted molar refractivity (Wildman–Crippen MR) is 253 cm³/mol. The summed E-state index contributed by atoms with van der Waals surface area (Å²) < 4.78 is 0. The predicted octanol–water partition coefficient (Wildman–Crippen LogP) is 16.5. The van der Waals surface area contributed by atoms with E-state index in [1.807, 2.05) is 6.08 Å². The van der Waals surface area contributed by atoms with Gasteiger partial charge < -0.3 is 15.5 Å². The summed E-state index contributed by atoms with van der Waals surface area (Å²) >= 11 is 0. The van der Waals surface area contributed by atoms with Crippen molar-refractivity contribution in [2.75, 3.05) is 6.61 Å². The van der Waals surface area contributed by atoms with Crippen LogP contribution in [0.25, 0.3) is 0 Å². The fourth-order valence-corrected chi connectivity index (χ4v) is 7.92. The van der Waals surface area contributed by atoms with E-state index in [4.69, 9.17) is 0 Å². The number of carbonyl (C=O) groups excluding carboxylic acids is 1. The lowest BCUT2D eigenvalue weighted by atomic mass is 10.0. The molecule has 1 amide bonds. The van der Waals surface area contributed by atoms with Gasteiger partial charge in [-0.05, 0) is 44.9 Å². The number of amides is 1. The lowest BCUT2D eigenvalue weighted by molar-refractivity contribution is -0.123. The van der Waals surface area contributed by atoms with E-state index in [2.05, 4.69) is 43.5 Å². The van der Waals surface area contributed by atoms with Gasteiger partial charge in [-0.25, -0.2) is 0 Å². The Morgan fingerprint density at radius 3 is 1.02 bits per heavy atom. The fraction of sp³-hybridized carbons (Fsp3) is 0.868. The number of aliphatic hydroxyl groups is 2. The number of aliphatic hydroxyl groups excluding tert-OH is 2. The summed E-state index contributed by atoms with van der Waals surface area (Å²) in [6.07, 6.45) is 65.8. The molecule has 0 aromatic rings. The van der Waals surface area contributed by atoms with Crippen LogP contribution < -0.4 is 5.32 Å². The number of rotatable bonds is 47. The second-order valence-corrected chi connectivity index (χ2v) is 17.6. The van der Waals surface area contributed by atoms with E-state index in [1.165, 1.54) is 218 Å². The number of hydrogen-bond acceptors (Lipinski definition) is 3. The summed E-state index contributed by atoms with van der Waals surface area (Å²) in [7, 11) is 0. The molecule has 0 aliphatic heterocycles. The minimum atomic E-state index is -0.867. The van der Waals surface area contributed by atoms with Crippen molar-refractivity contribution >= 4 is 5.91 Å². The molecule has 4 heteroatoms. The third kappa shape index (κ3) is 45.5. The molecule has 3 N–H and O–H groups in total. The Morgan fingerprint density at radius 1 is 0.404 bits per heavy atom. The molecule has 0 aromatic heterocycles. The molecule has 0 rings (SSSR count). The summed E-state index contributed by atoms with van der Waals surface area (Å²) in [6, 6.07) is -0.643. The molecule has 0 aliphatic carbocycles. The fourth-order valence-electron chi connectivity index (χ4n) is 7.92. The van der Waals surface area contributed by atoms with Gasteiger partial charge in [-0.3, -0.25) is 4.79 Å². The zero-order valence-corrected chi connectivity index (χ0v) is 38.6. The van der Waals surface area contributed by atoms with Crippen molar-refractivity contribution in [2.24, 2.45) is 0 Å². The van der Waals surface area contributed by atoms with E-state index >= 15 is 0 Å². The van der Waals surface area contributed by atoms with Gasteiger partial charge in [-0.2, -0.15) is 0 Å². The minimum Gasteiger partial charge on any atom is -0.394 e. The third-order valence-corrected chi connectivity index (χ3v) is 11.9. The smallest absolute Gasteiger partial charge is 0.220 e. The zero-order valence-electron chi connectivity index (χ0n) is 38.6. The van der Waals surface area contributed by atoms with Crippen molar-refractivity contribution in [1.29, 1.82) is 0 Å². The Bertz CT molecular complexity index is 866. The lowest BCUT2D eigenvalue weighted by Crippen LogP contribution is -2.45. The molecule has 0 aromatic carbocycles. The van der Waals surface area contributed by atoms with E-state index in [9.17, 15) is 15.0 Å².